The number of fused-ring (bicyclic) bond motifs is 1. The smallest absolute Gasteiger partial charge is 0.255 e. The van der Waals surface area contributed by atoms with Crippen LogP contribution >= 0.6 is 15.9 Å². The molecule has 1 aromatic carbocycles. The third kappa shape index (κ3) is 2.94. The summed E-state index contributed by atoms with van der Waals surface area (Å²) < 4.78 is 0.764. The molecule has 0 aromatic heterocycles. The SMILES string of the molecule is CC.Cc1c(O)cc2c(c1Br)NC1(CCN(C)CC1)NC2=O. The summed E-state index contributed by atoms with van der Waals surface area (Å²) in [5.74, 6) is 0.00575. The number of benzene rings is 1. The van der Waals surface area contributed by atoms with Crippen molar-refractivity contribution in [1.29, 1.82) is 0 Å². The Morgan fingerprint density at radius 3 is 2.45 bits per heavy atom. The Kier molecular flexibility index (Phi) is 5.02. The first-order valence-corrected chi connectivity index (χ1v) is 8.52. The van der Waals surface area contributed by atoms with Crippen LogP contribution in [-0.2, 0) is 0 Å². The number of phenolic OH excluding ortho intramolecular Hbond substituents is 1. The Morgan fingerprint density at radius 2 is 1.86 bits per heavy atom. The van der Waals surface area contributed by atoms with Gasteiger partial charge >= 0.3 is 0 Å². The number of carbonyl (C=O) groups is 1. The van der Waals surface area contributed by atoms with Crippen LogP contribution in [0.1, 0.15) is 42.6 Å². The van der Waals surface area contributed by atoms with Gasteiger partial charge in [0.25, 0.3) is 5.91 Å². The van der Waals surface area contributed by atoms with Gasteiger partial charge in [-0.1, -0.05) is 13.8 Å². The molecule has 2 aliphatic heterocycles. The molecule has 5 nitrogen and oxygen atoms in total. The van der Waals surface area contributed by atoms with Gasteiger partial charge in [-0.05, 0) is 36.0 Å². The highest BCUT2D eigenvalue weighted by molar-refractivity contribution is 9.10. The highest BCUT2D eigenvalue weighted by Crippen LogP contribution is 2.40. The number of hydrogen-bond acceptors (Lipinski definition) is 4. The summed E-state index contributed by atoms with van der Waals surface area (Å²) >= 11 is 3.49. The highest BCUT2D eigenvalue weighted by Gasteiger charge is 2.40. The van der Waals surface area contributed by atoms with E-state index in [2.05, 4.69) is 38.5 Å². The number of rotatable bonds is 0. The van der Waals surface area contributed by atoms with Crippen molar-refractivity contribution in [2.75, 3.05) is 25.5 Å². The van der Waals surface area contributed by atoms with Crippen LogP contribution in [0.3, 0.4) is 0 Å². The molecule has 0 atom stereocenters. The Labute approximate surface area is 140 Å². The number of nitrogens with zero attached hydrogens (tertiary/aromatic N) is 1. The van der Waals surface area contributed by atoms with Gasteiger partial charge < -0.3 is 20.6 Å². The number of anilines is 1. The lowest BCUT2D eigenvalue weighted by atomic mass is 9.92. The van der Waals surface area contributed by atoms with Crippen LogP contribution < -0.4 is 10.6 Å². The van der Waals surface area contributed by atoms with Crippen LogP contribution in [-0.4, -0.2) is 41.7 Å². The van der Waals surface area contributed by atoms with Gasteiger partial charge in [0.05, 0.1) is 11.3 Å². The molecule has 6 heteroatoms. The van der Waals surface area contributed by atoms with Crippen LogP contribution in [0, 0.1) is 6.92 Å². The molecule has 1 spiro atoms. The summed E-state index contributed by atoms with van der Waals surface area (Å²) in [5.41, 5.74) is 1.65. The molecule has 1 amide bonds. The van der Waals surface area contributed by atoms with Crippen molar-refractivity contribution in [3.8, 4) is 5.75 Å². The van der Waals surface area contributed by atoms with Crippen molar-refractivity contribution in [2.45, 2.75) is 39.3 Å². The summed E-state index contributed by atoms with van der Waals surface area (Å²) in [6.07, 6.45) is 1.72. The molecule has 0 aliphatic carbocycles. The number of likely N-dealkylation sites (tertiary alicyclic amines) is 1. The molecule has 22 heavy (non-hydrogen) atoms. The third-order valence-corrected chi connectivity index (χ3v) is 5.28. The van der Waals surface area contributed by atoms with Gasteiger partial charge in [0.2, 0.25) is 0 Å². The summed E-state index contributed by atoms with van der Waals surface area (Å²) in [6, 6.07) is 1.53. The van der Waals surface area contributed by atoms with E-state index >= 15 is 0 Å². The molecule has 2 heterocycles. The number of aromatic hydroxyl groups is 1. The van der Waals surface area contributed by atoms with Crippen molar-refractivity contribution in [1.82, 2.24) is 10.2 Å². The largest absolute Gasteiger partial charge is 0.508 e. The number of amides is 1. The summed E-state index contributed by atoms with van der Waals surface area (Å²) in [4.78, 5) is 14.6. The lowest BCUT2D eigenvalue weighted by Crippen LogP contribution is -2.62. The third-order valence-electron chi connectivity index (χ3n) is 4.29. The molecule has 1 saturated heterocycles. The number of halogens is 1. The second kappa shape index (κ2) is 6.46. The highest BCUT2D eigenvalue weighted by atomic mass is 79.9. The molecule has 0 saturated carbocycles. The molecule has 3 rings (SSSR count). The molecule has 0 unspecified atom stereocenters. The molecule has 2 aliphatic rings. The van der Waals surface area contributed by atoms with Gasteiger partial charge in [-0.2, -0.15) is 0 Å². The van der Waals surface area contributed by atoms with Crippen molar-refractivity contribution in [2.24, 2.45) is 0 Å². The second-order valence-corrected chi connectivity index (χ2v) is 6.51. The summed E-state index contributed by atoms with van der Waals surface area (Å²) in [6.45, 7) is 7.71. The van der Waals surface area contributed by atoms with E-state index in [1.807, 2.05) is 20.8 Å². The number of nitrogens with one attached hydrogen (secondary N) is 2. The predicted octanol–water partition coefficient (Wildman–Crippen LogP) is 3.07. The molecule has 1 fully saturated rings. The first-order valence-electron chi connectivity index (χ1n) is 7.73. The Balaban J connectivity index is 0.000000847. The minimum Gasteiger partial charge on any atom is -0.508 e. The molecular formula is C16H24BrN3O2. The Hall–Kier alpha value is -1.27. The fourth-order valence-corrected chi connectivity index (χ4v) is 3.36. The number of piperidine rings is 1. The molecule has 122 valence electrons. The van der Waals surface area contributed by atoms with E-state index in [-0.39, 0.29) is 17.3 Å². The van der Waals surface area contributed by atoms with Gasteiger partial charge in [-0.15, -0.1) is 0 Å². The number of carbonyl (C=O) groups excluding carboxylic acids is 1. The van der Waals surface area contributed by atoms with Gasteiger partial charge in [0, 0.05) is 36.0 Å². The lowest BCUT2D eigenvalue weighted by Gasteiger charge is -2.45. The maximum absolute atomic E-state index is 12.4. The van der Waals surface area contributed by atoms with Crippen LogP contribution in [0.2, 0.25) is 0 Å². The lowest BCUT2D eigenvalue weighted by molar-refractivity contribution is 0.0845. The maximum atomic E-state index is 12.4. The monoisotopic (exact) mass is 369 g/mol. The van der Waals surface area contributed by atoms with E-state index in [1.165, 1.54) is 6.07 Å². The van der Waals surface area contributed by atoms with E-state index in [1.54, 1.807) is 0 Å². The molecule has 0 radical (unpaired) electrons. The van der Waals surface area contributed by atoms with Crippen molar-refractivity contribution in [3.63, 3.8) is 0 Å². The first kappa shape index (κ1) is 17.1. The standard InChI is InChI=1S/C14H18BrN3O2.C2H6/c1-8-10(19)7-9-12(11(8)15)16-14(17-13(9)20)3-5-18(2)6-4-14;1-2/h7,16,19H,3-6H2,1-2H3,(H,17,20);1-2H3. The Bertz CT molecular complexity index is 581. The fraction of sp³-hybridized carbons (Fsp3) is 0.562. The molecule has 3 N–H and O–H groups in total. The van der Waals surface area contributed by atoms with Crippen LogP contribution in [0.4, 0.5) is 5.69 Å². The zero-order valence-corrected chi connectivity index (χ0v) is 15.2. The van der Waals surface area contributed by atoms with Gasteiger partial charge in [0.15, 0.2) is 0 Å². The van der Waals surface area contributed by atoms with E-state index in [9.17, 15) is 9.90 Å². The van der Waals surface area contributed by atoms with Crippen molar-refractivity contribution < 1.29 is 9.90 Å². The summed E-state index contributed by atoms with van der Waals surface area (Å²) in [5, 5.41) is 16.4. The molecular weight excluding hydrogens is 346 g/mol. The van der Waals surface area contributed by atoms with Gasteiger partial charge in [0.1, 0.15) is 11.4 Å². The minimum absolute atomic E-state index is 0.126. The first-order chi connectivity index (χ1) is 10.4. The summed E-state index contributed by atoms with van der Waals surface area (Å²) in [7, 11) is 2.09. The van der Waals surface area contributed by atoms with E-state index in [0.717, 1.165) is 41.7 Å². The zero-order chi connectivity index (χ0) is 16.5. The van der Waals surface area contributed by atoms with Crippen LogP contribution in [0.25, 0.3) is 0 Å². The molecule has 0 bridgehead atoms. The topological polar surface area (TPSA) is 64.6 Å². The fourth-order valence-electron chi connectivity index (χ4n) is 2.84. The number of hydrogen-bond donors (Lipinski definition) is 3. The van der Waals surface area contributed by atoms with Gasteiger partial charge in [-0.3, -0.25) is 4.79 Å². The average Bonchev–Trinajstić information content (AvgIpc) is 2.52. The normalized spacial score (nSPS) is 19.6. The van der Waals surface area contributed by atoms with Crippen molar-refractivity contribution in [3.05, 3.63) is 21.7 Å². The van der Waals surface area contributed by atoms with Gasteiger partial charge in [-0.25, -0.2) is 0 Å². The van der Waals surface area contributed by atoms with Crippen LogP contribution in [0.5, 0.6) is 5.75 Å². The predicted molar refractivity (Wildman–Crippen MR) is 92.4 cm³/mol. The average molecular weight is 370 g/mol. The minimum atomic E-state index is -0.372. The van der Waals surface area contributed by atoms with E-state index < -0.39 is 0 Å². The van der Waals surface area contributed by atoms with E-state index in [0.29, 0.717) is 5.56 Å². The zero-order valence-electron chi connectivity index (χ0n) is 13.6. The molecule has 1 aromatic rings. The Morgan fingerprint density at radius 1 is 1.27 bits per heavy atom. The number of phenols is 1. The van der Waals surface area contributed by atoms with Crippen LogP contribution in [0.15, 0.2) is 10.5 Å². The van der Waals surface area contributed by atoms with E-state index in [4.69, 9.17) is 0 Å². The van der Waals surface area contributed by atoms with Crippen molar-refractivity contribution >= 4 is 27.5 Å². The second-order valence-electron chi connectivity index (χ2n) is 5.72. The quantitative estimate of drug-likeness (QED) is 0.615. The maximum Gasteiger partial charge on any atom is 0.255 e.